The number of H-pyrrole nitrogens is 1. The van der Waals surface area contributed by atoms with Gasteiger partial charge in [-0.15, -0.1) is 0 Å². The highest BCUT2D eigenvalue weighted by atomic mass is 35.5. The Balaban J connectivity index is 1.58. The van der Waals surface area contributed by atoms with Crippen LogP contribution in [-0.2, 0) is 6.54 Å². The molecular weight excluding hydrogens is 324 g/mol. The van der Waals surface area contributed by atoms with Crippen molar-refractivity contribution in [2.24, 2.45) is 4.99 Å². The maximum atomic E-state index is 6.15. The maximum absolute atomic E-state index is 6.15. The lowest BCUT2D eigenvalue weighted by molar-refractivity contribution is 0.372. The standard InChI is InChI=1S/C17H23ClN6/c1-13-3-4-14(18)11-16(13)23-7-9-24(10-8-23)17(19-2)20-12-15-5-6-21-22-15/h3-6,11H,7-10,12H2,1-2H3,(H,19,20)(H,21,22). The summed E-state index contributed by atoms with van der Waals surface area (Å²) in [5.74, 6) is 0.923. The second kappa shape index (κ2) is 7.57. The van der Waals surface area contributed by atoms with E-state index in [1.807, 2.05) is 19.2 Å². The lowest BCUT2D eigenvalue weighted by Crippen LogP contribution is -2.52. The van der Waals surface area contributed by atoms with Crippen LogP contribution in [-0.4, -0.2) is 54.3 Å². The van der Waals surface area contributed by atoms with Gasteiger partial charge in [-0.3, -0.25) is 10.1 Å². The van der Waals surface area contributed by atoms with E-state index in [4.69, 9.17) is 11.6 Å². The van der Waals surface area contributed by atoms with Crippen molar-refractivity contribution >= 4 is 23.2 Å². The molecule has 1 aliphatic heterocycles. The third-order valence-electron chi connectivity index (χ3n) is 4.30. The number of hydrogen-bond donors (Lipinski definition) is 2. The minimum Gasteiger partial charge on any atom is -0.368 e. The van der Waals surface area contributed by atoms with E-state index in [2.05, 4.69) is 49.4 Å². The van der Waals surface area contributed by atoms with Crippen LogP contribution in [0.1, 0.15) is 11.3 Å². The van der Waals surface area contributed by atoms with E-state index in [1.165, 1.54) is 11.3 Å². The van der Waals surface area contributed by atoms with Crippen LogP contribution in [0.4, 0.5) is 5.69 Å². The van der Waals surface area contributed by atoms with Crippen molar-refractivity contribution in [2.75, 3.05) is 38.1 Å². The van der Waals surface area contributed by atoms with Crippen molar-refractivity contribution in [1.29, 1.82) is 0 Å². The number of guanidine groups is 1. The zero-order valence-corrected chi connectivity index (χ0v) is 14.8. The number of aromatic amines is 1. The molecule has 0 aliphatic carbocycles. The van der Waals surface area contributed by atoms with Crippen LogP contribution in [0.25, 0.3) is 0 Å². The fourth-order valence-electron chi connectivity index (χ4n) is 2.97. The van der Waals surface area contributed by atoms with Crippen LogP contribution < -0.4 is 10.2 Å². The first kappa shape index (κ1) is 16.6. The zero-order chi connectivity index (χ0) is 16.9. The van der Waals surface area contributed by atoms with E-state index in [-0.39, 0.29) is 0 Å². The molecule has 1 aromatic carbocycles. The highest BCUT2D eigenvalue weighted by molar-refractivity contribution is 6.30. The Hall–Kier alpha value is -2.21. The highest BCUT2D eigenvalue weighted by Gasteiger charge is 2.20. The first-order chi connectivity index (χ1) is 11.7. The normalized spacial score (nSPS) is 15.7. The van der Waals surface area contributed by atoms with Crippen LogP contribution in [0.5, 0.6) is 0 Å². The van der Waals surface area contributed by atoms with Gasteiger partial charge in [-0.25, -0.2) is 0 Å². The molecule has 0 radical (unpaired) electrons. The smallest absolute Gasteiger partial charge is 0.194 e. The topological polar surface area (TPSA) is 59.6 Å². The molecule has 2 heterocycles. The van der Waals surface area contributed by atoms with E-state index in [0.717, 1.165) is 42.9 Å². The molecule has 0 amide bonds. The summed E-state index contributed by atoms with van der Waals surface area (Å²) in [6.07, 6.45) is 1.76. The SMILES string of the molecule is CN=C(NCc1ccn[nH]1)N1CCN(c2cc(Cl)ccc2C)CC1. The second-order valence-corrected chi connectivity index (χ2v) is 6.32. The molecule has 7 heteroatoms. The Bertz CT molecular complexity index is 689. The molecule has 1 fully saturated rings. The third kappa shape index (κ3) is 3.82. The number of aromatic nitrogens is 2. The summed E-state index contributed by atoms with van der Waals surface area (Å²) in [7, 11) is 1.82. The lowest BCUT2D eigenvalue weighted by atomic mass is 10.1. The summed E-state index contributed by atoms with van der Waals surface area (Å²) >= 11 is 6.15. The fraction of sp³-hybridized carbons (Fsp3) is 0.412. The van der Waals surface area contributed by atoms with Gasteiger partial charge in [0, 0.05) is 50.1 Å². The first-order valence-electron chi connectivity index (χ1n) is 8.12. The Morgan fingerprint density at radius 2 is 2.08 bits per heavy atom. The molecular formula is C17H23ClN6. The van der Waals surface area contributed by atoms with Crippen molar-refractivity contribution in [3.05, 3.63) is 46.7 Å². The van der Waals surface area contributed by atoms with E-state index in [0.29, 0.717) is 6.54 Å². The van der Waals surface area contributed by atoms with Gasteiger partial charge in [0.2, 0.25) is 0 Å². The Morgan fingerprint density at radius 1 is 1.29 bits per heavy atom. The number of nitrogens with zero attached hydrogens (tertiary/aromatic N) is 4. The quantitative estimate of drug-likeness (QED) is 0.661. The Kier molecular flexibility index (Phi) is 5.25. The molecule has 0 bridgehead atoms. The summed E-state index contributed by atoms with van der Waals surface area (Å²) in [4.78, 5) is 9.07. The summed E-state index contributed by atoms with van der Waals surface area (Å²) < 4.78 is 0. The summed E-state index contributed by atoms with van der Waals surface area (Å²) in [5, 5.41) is 11.1. The van der Waals surface area contributed by atoms with Crippen molar-refractivity contribution in [3.63, 3.8) is 0 Å². The van der Waals surface area contributed by atoms with Crippen LogP contribution in [0, 0.1) is 6.92 Å². The predicted octanol–water partition coefficient (Wildman–Crippen LogP) is 2.27. The fourth-order valence-corrected chi connectivity index (χ4v) is 3.14. The largest absolute Gasteiger partial charge is 0.368 e. The Labute approximate surface area is 147 Å². The third-order valence-corrected chi connectivity index (χ3v) is 4.53. The summed E-state index contributed by atoms with van der Waals surface area (Å²) in [5.41, 5.74) is 3.53. The average molecular weight is 347 g/mol. The number of halogens is 1. The van der Waals surface area contributed by atoms with Gasteiger partial charge in [0.05, 0.1) is 12.2 Å². The number of nitrogens with one attached hydrogen (secondary N) is 2. The number of rotatable bonds is 3. The maximum Gasteiger partial charge on any atom is 0.194 e. The van der Waals surface area contributed by atoms with Gasteiger partial charge in [0.25, 0.3) is 0 Å². The molecule has 0 atom stereocenters. The molecule has 3 rings (SSSR count). The van der Waals surface area contributed by atoms with Crippen LogP contribution in [0.3, 0.4) is 0 Å². The average Bonchev–Trinajstić information content (AvgIpc) is 3.12. The van der Waals surface area contributed by atoms with Crippen molar-refractivity contribution in [1.82, 2.24) is 20.4 Å². The highest BCUT2D eigenvalue weighted by Crippen LogP contribution is 2.25. The molecule has 1 saturated heterocycles. The lowest BCUT2D eigenvalue weighted by Gasteiger charge is -2.38. The van der Waals surface area contributed by atoms with Gasteiger partial charge in [-0.1, -0.05) is 17.7 Å². The molecule has 6 nitrogen and oxygen atoms in total. The van der Waals surface area contributed by atoms with Gasteiger partial charge in [0.1, 0.15) is 0 Å². The molecule has 2 aromatic rings. The molecule has 128 valence electrons. The van der Waals surface area contributed by atoms with Crippen molar-refractivity contribution < 1.29 is 0 Å². The van der Waals surface area contributed by atoms with E-state index >= 15 is 0 Å². The van der Waals surface area contributed by atoms with E-state index in [9.17, 15) is 0 Å². The minimum absolute atomic E-state index is 0.695. The molecule has 0 saturated carbocycles. The van der Waals surface area contributed by atoms with Crippen molar-refractivity contribution in [2.45, 2.75) is 13.5 Å². The van der Waals surface area contributed by atoms with Gasteiger partial charge < -0.3 is 15.1 Å². The first-order valence-corrected chi connectivity index (χ1v) is 8.50. The van der Waals surface area contributed by atoms with Crippen LogP contribution >= 0.6 is 11.6 Å². The van der Waals surface area contributed by atoms with Gasteiger partial charge in [-0.05, 0) is 30.7 Å². The zero-order valence-electron chi connectivity index (χ0n) is 14.1. The van der Waals surface area contributed by atoms with Crippen LogP contribution in [0.15, 0.2) is 35.5 Å². The van der Waals surface area contributed by atoms with Gasteiger partial charge in [0.15, 0.2) is 5.96 Å². The summed E-state index contributed by atoms with van der Waals surface area (Å²) in [6, 6.07) is 8.03. The monoisotopic (exact) mass is 346 g/mol. The molecule has 24 heavy (non-hydrogen) atoms. The van der Waals surface area contributed by atoms with Crippen molar-refractivity contribution in [3.8, 4) is 0 Å². The van der Waals surface area contributed by atoms with Gasteiger partial charge >= 0.3 is 0 Å². The minimum atomic E-state index is 0.695. The van der Waals surface area contributed by atoms with Crippen LogP contribution in [0.2, 0.25) is 5.02 Å². The number of aryl methyl sites for hydroxylation is 1. The molecule has 0 unspecified atom stereocenters. The number of aliphatic imine (C=N–C) groups is 1. The summed E-state index contributed by atoms with van der Waals surface area (Å²) in [6.45, 7) is 6.57. The number of hydrogen-bond acceptors (Lipinski definition) is 3. The number of piperazine rings is 1. The number of anilines is 1. The molecule has 1 aromatic heterocycles. The molecule has 1 aliphatic rings. The van der Waals surface area contributed by atoms with Gasteiger partial charge in [-0.2, -0.15) is 5.10 Å². The number of benzene rings is 1. The van der Waals surface area contributed by atoms with E-state index in [1.54, 1.807) is 6.20 Å². The molecule has 2 N–H and O–H groups in total. The van der Waals surface area contributed by atoms with E-state index < -0.39 is 0 Å². The predicted molar refractivity (Wildman–Crippen MR) is 98.8 cm³/mol. The second-order valence-electron chi connectivity index (χ2n) is 5.89. The molecule has 0 spiro atoms. The Morgan fingerprint density at radius 3 is 2.75 bits per heavy atom.